The van der Waals surface area contributed by atoms with Gasteiger partial charge in [0, 0.05) is 47.8 Å². The van der Waals surface area contributed by atoms with Crippen molar-refractivity contribution in [3.63, 3.8) is 0 Å². The van der Waals surface area contributed by atoms with Gasteiger partial charge in [-0.25, -0.2) is 0 Å². The van der Waals surface area contributed by atoms with Gasteiger partial charge < -0.3 is 5.32 Å². The Labute approximate surface area is 155 Å². The number of benzene rings is 1. The van der Waals surface area contributed by atoms with Crippen LogP contribution in [0.4, 0.5) is 5.69 Å². The molecule has 0 spiro atoms. The first kappa shape index (κ1) is 17.6. The second kappa shape index (κ2) is 8.25. The number of hydrogen-bond acceptors (Lipinski definition) is 4. The van der Waals surface area contributed by atoms with Crippen LogP contribution in [-0.2, 0) is 11.3 Å². The van der Waals surface area contributed by atoms with Crippen LogP contribution in [0.3, 0.4) is 0 Å². The molecule has 1 atom stereocenters. The maximum Gasteiger partial charge on any atom is 0.241 e. The van der Waals surface area contributed by atoms with Crippen molar-refractivity contribution in [1.82, 2.24) is 9.80 Å². The van der Waals surface area contributed by atoms with E-state index in [4.69, 9.17) is 0 Å². The summed E-state index contributed by atoms with van der Waals surface area (Å²) in [6, 6.07) is 11.9. The van der Waals surface area contributed by atoms with Crippen molar-refractivity contribution in [2.24, 2.45) is 0 Å². The SMILES string of the molecule is C[C@H](C(=O)Nc1ccc(Br)cc1)N1CCN(Cc2cccs2)CC1. The third kappa shape index (κ3) is 4.66. The van der Waals surface area contributed by atoms with E-state index in [2.05, 4.69) is 48.6 Å². The number of piperazine rings is 1. The Balaban J connectivity index is 1.48. The monoisotopic (exact) mass is 407 g/mol. The van der Waals surface area contributed by atoms with Crippen molar-refractivity contribution in [3.8, 4) is 0 Å². The minimum absolute atomic E-state index is 0.0593. The first-order valence-electron chi connectivity index (χ1n) is 8.17. The number of thiophene rings is 1. The highest BCUT2D eigenvalue weighted by atomic mass is 79.9. The average Bonchev–Trinajstić information content (AvgIpc) is 3.10. The second-order valence-electron chi connectivity index (χ2n) is 6.06. The molecule has 2 aromatic rings. The minimum Gasteiger partial charge on any atom is -0.325 e. The van der Waals surface area contributed by atoms with Crippen molar-refractivity contribution in [1.29, 1.82) is 0 Å². The number of hydrogen-bond donors (Lipinski definition) is 1. The molecule has 1 N–H and O–H groups in total. The first-order chi connectivity index (χ1) is 11.6. The maximum absolute atomic E-state index is 12.5. The van der Waals surface area contributed by atoms with Crippen LogP contribution in [0.25, 0.3) is 0 Å². The molecule has 1 aliphatic rings. The molecular weight excluding hydrogens is 386 g/mol. The van der Waals surface area contributed by atoms with Gasteiger partial charge in [-0.1, -0.05) is 22.0 Å². The number of anilines is 1. The normalized spacial score (nSPS) is 17.6. The topological polar surface area (TPSA) is 35.6 Å². The number of amides is 1. The molecule has 4 nitrogen and oxygen atoms in total. The number of nitrogens with zero attached hydrogens (tertiary/aromatic N) is 2. The van der Waals surface area contributed by atoms with Gasteiger partial charge >= 0.3 is 0 Å². The lowest BCUT2D eigenvalue weighted by Crippen LogP contribution is -2.52. The highest BCUT2D eigenvalue weighted by Gasteiger charge is 2.25. The molecule has 1 aliphatic heterocycles. The Morgan fingerprint density at radius 2 is 1.92 bits per heavy atom. The fourth-order valence-electron chi connectivity index (χ4n) is 2.88. The van der Waals surface area contributed by atoms with Gasteiger partial charge in [-0.3, -0.25) is 14.6 Å². The van der Waals surface area contributed by atoms with E-state index >= 15 is 0 Å². The van der Waals surface area contributed by atoms with E-state index in [0.717, 1.165) is 42.9 Å². The van der Waals surface area contributed by atoms with Crippen molar-refractivity contribution < 1.29 is 4.79 Å². The minimum atomic E-state index is -0.113. The fraction of sp³-hybridized carbons (Fsp3) is 0.389. The molecule has 1 amide bonds. The number of carbonyl (C=O) groups excluding carboxylic acids is 1. The Morgan fingerprint density at radius 1 is 1.21 bits per heavy atom. The van der Waals surface area contributed by atoms with Crippen LogP contribution in [0, 0.1) is 0 Å². The lowest BCUT2D eigenvalue weighted by Gasteiger charge is -2.37. The van der Waals surface area contributed by atoms with E-state index in [0.29, 0.717) is 0 Å². The van der Waals surface area contributed by atoms with Gasteiger partial charge in [-0.15, -0.1) is 11.3 Å². The summed E-state index contributed by atoms with van der Waals surface area (Å²) in [5, 5.41) is 5.13. The fourth-order valence-corrected chi connectivity index (χ4v) is 3.89. The summed E-state index contributed by atoms with van der Waals surface area (Å²) in [6.07, 6.45) is 0. The summed E-state index contributed by atoms with van der Waals surface area (Å²) in [6.45, 7) is 6.89. The molecule has 2 heterocycles. The van der Waals surface area contributed by atoms with E-state index in [1.165, 1.54) is 4.88 Å². The molecule has 1 aromatic carbocycles. The predicted octanol–water partition coefficient (Wildman–Crippen LogP) is 3.66. The summed E-state index contributed by atoms with van der Waals surface area (Å²) in [4.78, 5) is 18.6. The van der Waals surface area contributed by atoms with Crippen LogP contribution in [0.15, 0.2) is 46.3 Å². The first-order valence-corrected chi connectivity index (χ1v) is 9.84. The Bertz CT molecular complexity index is 651. The summed E-state index contributed by atoms with van der Waals surface area (Å²) in [5.41, 5.74) is 0.839. The molecular formula is C18H22BrN3OS. The van der Waals surface area contributed by atoms with Crippen molar-refractivity contribution >= 4 is 38.9 Å². The summed E-state index contributed by atoms with van der Waals surface area (Å²) in [5.74, 6) is 0.0593. The average molecular weight is 408 g/mol. The van der Waals surface area contributed by atoms with E-state index < -0.39 is 0 Å². The summed E-state index contributed by atoms with van der Waals surface area (Å²) in [7, 11) is 0. The standard InChI is InChI=1S/C18H22BrN3OS/c1-14(18(23)20-16-6-4-15(19)5-7-16)22-10-8-21(9-11-22)13-17-3-2-12-24-17/h2-7,12,14H,8-11,13H2,1H3,(H,20,23)/t14-/m1/s1. The van der Waals surface area contributed by atoms with Gasteiger partial charge in [-0.2, -0.15) is 0 Å². The molecule has 0 radical (unpaired) electrons. The zero-order chi connectivity index (χ0) is 16.9. The number of rotatable bonds is 5. The predicted molar refractivity (Wildman–Crippen MR) is 103 cm³/mol. The molecule has 128 valence electrons. The zero-order valence-electron chi connectivity index (χ0n) is 13.7. The largest absolute Gasteiger partial charge is 0.325 e. The molecule has 0 unspecified atom stereocenters. The third-order valence-electron chi connectivity index (χ3n) is 4.41. The van der Waals surface area contributed by atoms with Crippen molar-refractivity contribution in [2.75, 3.05) is 31.5 Å². The quantitative estimate of drug-likeness (QED) is 0.821. The van der Waals surface area contributed by atoms with E-state index in [9.17, 15) is 4.79 Å². The Morgan fingerprint density at radius 3 is 2.54 bits per heavy atom. The maximum atomic E-state index is 12.5. The molecule has 1 saturated heterocycles. The van der Waals surface area contributed by atoms with Gasteiger partial charge in [0.15, 0.2) is 0 Å². The van der Waals surface area contributed by atoms with Crippen LogP contribution in [0.1, 0.15) is 11.8 Å². The molecule has 24 heavy (non-hydrogen) atoms. The van der Waals surface area contributed by atoms with Crippen LogP contribution in [0.2, 0.25) is 0 Å². The lowest BCUT2D eigenvalue weighted by molar-refractivity contribution is -0.121. The van der Waals surface area contributed by atoms with Crippen LogP contribution in [0.5, 0.6) is 0 Å². The Hall–Kier alpha value is -1.21. The third-order valence-corrected chi connectivity index (χ3v) is 5.80. The molecule has 0 bridgehead atoms. The van der Waals surface area contributed by atoms with Crippen LogP contribution in [-0.4, -0.2) is 47.9 Å². The second-order valence-corrected chi connectivity index (χ2v) is 8.01. The van der Waals surface area contributed by atoms with Crippen LogP contribution < -0.4 is 5.32 Å². The molecule has 1 aromatic heterocycles. The molecule has 1 fully saturated rings. The van der Waals surface area contributed by atoms with E-state index in [-0.39, 0.29) is 11.9 Å². The number of nitrogens with one attached hydrogen (secondary N) is 1. The smallest absolute Gasteiger partial charge is 0.241 e. The van der Waals surface area contributed by atoms with Crippen LogP contribution >= 0.6 is 27.3 Å². The molecule has 0 saturated carbocycles. The van der Waals surface area contributed by atoms with Gasteiger partial charge in [-0.05, 0) is 42.6 Å². The lowest BCUT2D eigenvalue weighted by atomic mass is 10.2. The number of carbonyl (C=O) groups is 1. The van der Waals surface area contributed by atoms with E-state index in [1.807, 2.05) is 42.5 Å². The zero-order valence-corrected chi connectivity index (χ0v) is 16.1. The van der Waals surface area contributed by atoms with Crippen molar-refractivity contribution in [3.05, 3.63) is 51.1 Å². The van der Waals surface area contributed by atoms with E-state index in [1.54, 1.807) is 0 Å². The van der Waals surface area contributed by atoms with Gasteiger partial charge in [0.2, 0.25) is 5.91 Å². The van der Waals surface area contributed by atoms with Gasteiger partial charge in [0.1, 0.15) is 0 Å². The van der Waals surface area contributed by atoms with Gasteiger partial charge in [0.25, 0.3) is 0 Å². The number of halogens is 1. The highest BCUT2D eigenvalue weighted by Crippen LogP contribution is 2.17. The molecule has 0 aliphatic carbocycles. The molecule has 3 rings (SSSR count). The highest BCUT2D eigenvalue weighted by molar-refractivity contribution is 9.10. The molecule has 6 heteroatoms. The van der Waals surface area contributed by atoms with Crippen molar-refractivity contribution in [2.45, 2.75) is 19.5 Å². The van der Waals surface area contributed by atoms with Gasteiger partial charge in [0.05, 0.1) is 6.04 Å². The summed E-state index contributed by atoms with van der Waals surface area (Å²) < 4.78 is 1.01. The Kier molecular flexibility index (Phi) is 6.05. The summed E-state index contributed by atoms with van der Waals surface area (Å²) >= 11 is 5.21.